The summed E-state index contributed by atoms with van der Waals surface area (Å²) >= 11 is 0. The number of hydrogen-bond donors (Lipinski definition) is 1. The summed E-state index contributed by atoms with van der Waals surface area (Å²) in [6.07, 6.45) is 1.72. The van der Waals surface area contributed by atoms with Crippen molar-refractivity contribution in [2.75, 3.05) is 0 Å². The zero-order valence-electron chi connectivity index (χ0n) is 11.3. The minimum atomic E-state index is -0.614. The zero-order chi connectivity index (χ0) is 13.7. The molecule has 5 nitrogen and oxygen atoms in total. The fraction of sp³-hybridized carbons (Fsp3) is 0.667. The van der Waals surface area contributed by atoms with E-state index in [4.69, 9.17) is 9.47 Å². The molecule has 0 fully saturated rings. The van der Waals surface area contributed by atoms with Crippen LogP contribution in [0.25, 0.3) is 0 Å². The summed E-state index contributed by atoms with van der Waals surface area (Å²) in [7, 11) is 0. The lowest BCUT2D eigenvalue weighted by Crippen LogP contribution is -2.30. The van der Waals surface area contributed by atoms with Gasteiger partial charge in [-0.3, -0.25) is 5.32 Å². The van der Waals surface area contributed by atoms with E-state index in [0.29, 0.717) is 0 Å². The second-order valence-electron chi connectivity index (χ2n) is 5.51. The van der Waals surface area contributed by atoms with E-state index >= 15 is 0 Å². The molecule has 1 amide bonds. The smallest absolute Gasteiger partial charge is 0.411 e. The highest BCUT2D eigenvalue weighted by Gasteiger charge is 2.16. The van der Waals surface area contributed by atoms with Crippen LogP contribution in [0.2, 0.25) is 0 Å². The number of nitrogens with one attached hydrogen (secondary N) is 1. The van der Waals surface area contributed by atoms with Crippen molar-refractivity contribution in [2.45, 2.75) is 52.7 Å². The number of amides is 1. The van der Waals surface area contributed by atoms with Crippen molar-refractivity contribution in [2.24, 2.45) is 0 Å². The Morgan fingerprint density at radius 3 is 1.82 bits per heavy atom. The highest BCUT2D eigenvalue weighted by atomic mass is 16.6. The number of ether oxygens (including phenoxy) is 2. The summed E-state index contributed by atoms with van der Waals surface area (Å²) in [6, 6.07) is 0. The van der Waals surface area contributed by atoms with E-state index in [9.17, 15) is 9.59 Å². The van der Waals surface area contributed by atoms with E-state index in [1.807, 2.05) is 0 Å². The molecule has 0 saturated carbocycles. The van der Waals surface area contributed by atoms with E-state index in [1.54, 1.807) is 41.5 Å². The molecule has 98 valence electrons. The summed E-state index contributed by atoms with van der Waals surface area (Å²) in [5.41, 5.74) is -1.11. The summed E-state index contributed by atoms with van der Waals surface area (Å²) in [6.45, 7) is 10.6. The van der Waals surface area contributed by atoms with Gasteiger partial charge in [-0.1, -0.05) is 0 Å². The number of carbonyl (C=O) groups excluding carboxylic acids is 2. The van der Waals surface area contributed by atoms with Crippen LogP contribution in [-0.4, -0.2) is 23.3 Å². The predicted octanol–water partition coefficient (Wildman–Crippen LogP) is 2.37. The first-order valence-corrected chi connectivity index (χ1v) is 5.39. The first kappa shape index (κ1) is 15.5. The maximum absolute atomic E-state index is 11.2. The largest absolute Gasteiger partial charge is 0.457 e. The van der Waals surface area contributed by atoms with Gasteiger partial charge in [0.25, 0.3) is 0 Å². The van der Waals surface area contributed by atoms with Gasteiger partial charge in [0.05, 0.1) is 0 Å². The Labute approximate surface area is 102 Å². The van der Waals surface area contributed by atoms with Gasteiger partial charge in [0, 0.05) is 12.3 Å². The molecule has 0 unspecified atom stereocenters. The molecule has 5 heteroatoms. The van der Waals surface area contributed by atoms with E-state index in [2.05, 4.69) is 5.32 Å². The highest BCUT2D eigenvalue weighted by Crippen LogP contribution is 2.07. The van der Waals surface area contributed by atoms with Crippen LogP contribution >= 0.6 is 0 Å². The van der Waals surface area contributed by atoms with Gasteiger partial charge in [0.2, 0.25) is 0 Å². The molecule has 0 rings (SSSR count). The van der Waals surface area contributed by atoms with Crippen molar-refractivity contribution in [1.29, 1.82) is 0 Å². The van der Waals surface area contributed by atoms with Crippen molar-refractivity contribution >= 4 is 12.1 Å². The first-order chi connectivity index (χ1) is 7.49. The van der Waals surface area contributed by atoms with Gasteiger partial charge in [-0.05, 0) is 41.5 Å². The van der Waals surface area contributed by atoms with Crippen molar-refractivity contribution in [3.05, 3.63) is 12.3 Å². The molecule has 1 N–H and O–H groups in total. The summed E-state index contributed by atoms with van der Waals surface area (Å²) < 4.78 is 9.97. The summed E-state index contributed by atoms with van der Waals surface area (Å²) in [5.74, 6) is -0.520. The number of esters is 1. The highest BCUT2D eigenvalue weighted by molar-refractivity contribution is 5.83. The van der Waals surface area contributed by atoms with Crippen LogP contribution in [-0.2, 0) is 14.3 Å². The van der Waals surface area contributed by atoms with Gasteiger partial charge in [0.1, 0.15) is 11.2 Å². The quantitative estimate of drug-likeness (QED) is 0.597. The predicted molar refractivity (Wildman–Crippen MR) is 64.4 cm³/mol. The molecular formula is C12H21NO4. The molecule has 0 saturated heterocycles. The van der Waals surface area contributed by atoms with Gasteiger partial charge in [-0.25, -0.2) is 9.59 Å². The average molecular weight is 243 g/mol. The molecule has 0 heterocycles. The van der Waals surface area contributed by atoms with Crippen molar-refractivity contribution in [1.82, 2.24) is 5.32 Å². The maximum Gasteiger partial charge on any atom is 0.411 e. The molecule has 0 aliphatic heterocycles. The lowest BCUT2D eigenvalue weighted by Gasteiger charge is -2.19. The van der Waals surface area contributed by atoms with E-state index in [-0.39, 0.29) is 0 Å². The molecule has 0 aromatic rings. The third-order valence-corrected chi connectivity index (χ3v) is 1.23. The Kier molecular flexibility index (Phi) is 5.19. The van der Waals surface area contributed by atoms with Crippen LogP contribution in [0.1, 0.15) is 41.5 Å². The Bertz CT molecular complexity index is 307. The summed E-state index contributed by atoms with van der Waals surface area (Å²) in [4.78, 5) is 22.4. The van der Waals surface area contributed by atoms with Gasteiger partial charge >= 0.3 is 12.1 Å². The minimum absolute atomic E-state index is 0.520. The van der Waals surface area contributed by atoms with Crippen LogP contribution in [0.3, 0.4) is 0 Å². The molecule has 0 aliphatic rings. The van der Waals surface area contributed by atoms with Gasteiger partial charge in [-0.15, -0.1) is 0 Å². The lowest BCUT2D eigenvalue weighted by molar-refractivity contribution is -0.148. The molecule has 0 radical (unpaired) electrons. The average Bonchev–Trinajstić information content (AvgIpc) is 1.95. The van der Waals surface area contributed by atoms with Gasteiger partial charge < -0.3 is 9.47 Å². The maximum atomic E-state index is 11.2. The standard InChI is InChI=1S/C12H21NO4/c1-11(2,3)16-9(14)7-8-13-10(15)17-12(4,5)6/h7-8H,1-6H3,(H,13,15)/b8-7-. The van der Waals surface area contributed by atoms with Crippen molar-refractivity contribution < 1.29 is 19.1 Å². The van der Waals surface area contributed by atoms with Crippen LogP contribution in [0.15, 0.2) is 12.3 Å². The van der Waals surface area contributed by atoms with E-state index < -0.39 is 23.3 Å². The van der Waals surface area contributed by atoms with Crippen LogP contribution in [0.5, 0.6) is 0 Å². The topological polar surface area (TPSA) is 64.6 Å². The lowest BCUT2D eigenvalue weighted by atomic mass is 10.2. The molecular weight excluding hydrogens is 222 g/mol. The number of carbonyl (C=O) groups is 2. The Morgan fingerprint density at radius 2 is 1.41 bits per heavy atom. The Morgan fingerprint density at radius 1 is 0.941 bits per heavy atom. The molecule has 0 aliphatic carbocycles. The van der Waals surface area contributed by atoms with E-state index in [1.165, 1.54) is 6.20 Å². The third-order valence-electron chi connectivity index (χ3n) is 1.23. The van der Waals surface area contributed by atoms with Crippen LogP contribution in [0.4, 0.5) is 4.79 Å². The monoisotopic (exact) mass is 243 g/mol. The van der Waals surface area contributed by atoms with Gasteiger partial charge in [0.15, 0.2) is 0 Å². The number of rotatable bonds is 2. The first-order valence-electron chi connectivity index (χ1n) is 5.39. The van der Waals surface area contributed by atoms with Gasteiger partial charge in [-0.2, -0.15) is 0 Å². The zero-order valence-corrected chi connectivity index (χ0v) is 11.3. The van der Waals surface area contributed by atoms with Crippen LogP contribution < -0.4 is 5.32 Å². The molecule has 17 heavy (non-hydrogen) atoms. The summed E-state index contributed by atoms with van der Waals surface area (Å²) in [5, 5.41) is 2.31. The van der Waals surface area contributed by atoms with Crippen molar-refractivity contribution in [3.8, 4) is 0 Å². The Balaban J connectivity index is 4.04. The second-order valence-corrected chi connectivity index (χ2v) is 5.51. The molecule has 0 aromatic heterocycles. The Hall–Kier alpha value is -1.52. The molecule has 0 atom stereocenters. The molecule has 0 spiro atoms. The molecule has 0 aromatic carbocycles. The normalized spacial score (nSPS) is 12.4. The fourth-order valence-corrected chi connectivity index (χ4v) is 0.821. The molecule has 0 bridgehead atoms. The number of alkyl carbamates (subject to hydrolysis) is 1. The van der Waals surface area contributed by atoms with E-state index in [0.717, 1.165) is 6.08 Å². The third kappa shape index (κ3) is 10.8. The minimum Gasteiger partial charge on any atom is -0.457 e. The van der Waals surface area contributed by atoms with Crippen LogP contribution in [0, 0.1) is 0 Å². The SMILES string of the molecule is CC(C)(C)OC(=O)/C=C\NC(=O)OC(C)(C)C. The fourth-order valence-electron chi connectivity index (χ4n) is 0.821. The second kappa shape index (κ2) is 5.70. The van der Waals surface area contributed by atoms with Crippen molar-refractivity contribution in [3.63, 3.8) is 0 Å². The number of hydrogen-bond acceptors (Lipinski definition) is 4.